The van der Waals surface area contributed by atoms with Crippen molar-refractivity contribution in [1.29, 1.82) is 0 Å². The normalized spacial score (nSPS) is 12.3. The smallest absolute Gasteiger partial charge is 0.232 e. The maximum atomic E-state index is 12.9. The minimum atomic E-state index is -0.906. The van der Waals surface area contributed by atoms with Crippen LogP contribution in [0.4, 0.5) is 8.78 Å². The van der Waals surface area contributed by atoms with Crippen LogP contribution in [-0.4, -0.2) is 36.2 Å². The number of nitrogens with two attached hydrogens (primary N) is 1. The van der Waals surface area contributed by atoms with Gasteiger partial charge in [-0.05, 0) is 25.1 Å². The monoisotopic (exact) mass is 274 g/mol. The van der Waals surface area contributed by atoms with E-state index in [0.717, 1.165) is 12.1 Å². The number of amides is 1. The lowest BCUT2D eigenvalue weighted by atomic mass is 10.3. The molecule has 1 aromatic carbocycles. The van der Waals surface area contributed by atoms with Crippen molar-refractivity contribution >= 4 is 17.7 Å². The molecule has 3 nitrogen and oxygen atoms in total. The fourth-order valence-corrected chi connectivity index (χ4v) is 2.06. The summed E-state index contributed by atoms with van der Waals surface area (Å²) in [6.07, 6.45) is 0. The first-order valence-corrected chi connectivity index (χ1v) is 6.47. The summed E-state index contributed by atoms with van der Waals surface area (Å²) in [7, 11) is 1.67. The van der Waals surface area contributed by atoms with Gasteiger partial charge in [0.2, 0.25) is 5.91 Å². The molecule has 18 heavy (non-hydrogen) atoms. The maximum Gasteiger partial charge on any atom is 0.232 e. The molecule has 100 valence electrons. The van der Waals surface area contributed by atoms with E-state index in [4.69, 9.17) is 5.73 Å². The zero-order valence-corrected chi connectivity index (χ0v) is 11.1. The lowest BCUT2D eigenvalue weighted by Crippen LogP contribution is -2.40. The lowest BCUT2D eigenvalue weighted by Gasteiger charge is -2.23. The summed E-state index contributed by atoms with van der Waals surface area (Å²) >= 11 is 1.17. The van der Waals surface area contributed by atoms with E-state index in [1.807, 2.05) is 6.92 Å². The van der Waals surface area contributed by atoms with Gasteiger partial charge in [-0.1, -0.05) is 0 Å². The molecule has 0 aliphatic carbocycles. The fraction of sp³-hybridized carbons (Fsp3) is 0.417. The predicted octanol–water partition coefficient (Wildman–Crippen LogP) is 1.86. The third kappa shape index (κ3) is 3.96. The van der Waals surface area contributed by atoms with E-state index >= 15 is 0 Å². The number of rotatable bonds is 5. The van der Waals surface area contributed by atoms with Crippen LogP contribution in [0.2, 0.25) is 0 Å². The molecular formula is C12H16F2N2OS. The topological polar surface area (TPSA) is 46.3 Å². The molecule has 0 aliphatic heterocycles. The van der Waals surface area contributed by atoms with Gasteiger partial charge >= 0.3 is 0 Å². The Morgan fingerprint density at radius 3 is 2.67 bits per heavy atom. The Bertz CT molecular complexity index is 429. The molecule has 0 fully saturated rings. The number of hydrogen-bond acceptors (Lipinski definition) is 3. The molecule has 0 saturated carbocycles. The van der Waals surface area contributed by atoms with Crippen LogP contribution >= 0.6 is 11.8 Å². The highest BCUT2D eigenvalue weighted by atomic mass is 32.2. The minimum absolute atomic E-state index is 0.0388. The lowest BCUT2D eigenvalue weighted by molar-refractivity contribution is -0.128. The van der Waals surface area contributed by atoms with E-state index in [2.05, 4.69) is 0 Å². The second kappa shape index (κ2) is 6.70. The Balaban J connectivity index is 2.54. The molecule has 0 heterocycles. The number of hydrogen-bond donors (Lipinski definition) is 1. The Kier molecular flexibility index (Phi) is 5.55. The summed E-state index contributed by atoms with van der Waals surface area (Å²) in [5.41, 5.74) is 5.46. The summed E-state index contributed by atoms with van der Waals surface area (Å²) in [6, 6.07) is 3.54. The van der Waals surface area contributed by atoms with Gasteiger partial charge in [-0.25, -0.2) is 8.78 Å². The number of carbonyl (C=O) groups excluding carboxylic acids is 1. The minimum Gasteiger partial charge on any atom is -0.341 e. The molecule has 0 radical (unpaired) electrons. The molecule has 0 bridgehead atoms. The largest absolute Gasteiger partial charge is 0.341 e. The summed E-state index contributed by atoms with van der Waals surface area (Å²) in [5.74, 6) is -1.72. The number of thioether (sulfide) groups is 1. The van der Waals surface area contributed by atoms with Crippen LogP contribution in [0.25, 0.3) is 0 Å². The van der Waals surface area contributed by atoms with Gasteiger partial charge in [0, 0.05) is 24.5 Å². The first-order valence-electron chi connectivity index (χ1n) is 5.49. The van der Waals surface area contributed by atoms with Crippen LogP contribution in [0.15, 0.2) is 23.1 Å². The van der Waals surface area contributed by atoms with Crippen LogP contribution in [-0.2, 0) is 4.79 Å². The molecule has 1 unspecified atom stereocenters. The zero-order valence-electron chi connectivity index (χ0n) is 10.3. The molecule has 1 amide bonds. The van der Waals surface area contributed by atoms with E-state index < -0.39 is 11.6 Å². The Labute approximate surface area is 109 Å². The second-order valence-electron chi connectivity index (χ2n) is 3.95. The van der Waals surface area contributed by atoms with E-state index in [1.54, 1.807) is 11.9 Å². The Hall–Kier alpha value is -1.14. The van der Waals surface area contributed by atoms with Crippen molar-refractivity contribution in [3.05, 3.63) is 29.8 Å². The average Bonchev–Trinajstić information content (AvgIpc) is 2.37. The fourth-order valence-electron chi connectivity index (χ4n) is 1.22. The molecule has 0 spiro atoms. The zero-order chi connectivity index (χ0) is 13.7. The number of carbonyl (C=O) groups is 1. The highest BCUT2D eigenvalue weighted by molar-refractivity contribution is 8.00. The van der Waals surface area contributed by atoms with E-state index in [9.17, 15) is 13.6 Å². The molecule has 6 heteroatoms. The maximum absolute atomic E-state index is 12.9. The molecule has 1 atom stereocenters. The SMILES string of the molecule is CC(CN)N(C)C(=O)CSc1ccc(F)c(F)c1. The van der Waals surface area contributed by atoms with Gasteiger partial charge < -0.3 is 10.6 Å². The number of halogens is 2. The van der Waals surface area contributed by atoms with Crippen LogP contribution in [0.3, 0.4) is 0 Å². The molecule has 2 N–H and O–H groups in total. The molecule has 1 rings (SSSR count). The van der Waals surface area contributed by atoms with Gasteiger partial charge in [0.15, 0.2) is 11.6 Å². The van der Waals surface area contributed by atoms with Gasteiger partial charge in [-0.15, -0.1) is 11.8 Å². The quantitative estimate of drug-likeness (QED) is 0.834. The van der Waals surface area contributed by atoms with Crippen molar-refractivity contribution in [2.45, 2.75) is 17.9 Å². The van der Waals surface area contributed by atoms with Gasteiger partial charge in [0.05, 0.1) is 5.75 Å². The van der Waals surface area contributed by atoms with Gasteiger partial charge in [0.25, 0.3) is 0 Å². The average molecular weight is 274 g/mol. The number of nitrogens with zero attached hydrogens (tertiary/aromatic N) is 1. The third-order valence-corrected chi connectivity index (χ3v) is 3.63. The van der Waals surface area contributed by atoms with Crippen molar-refractivity contribution in [3.8, 4) is 0 Å². The highest BCUT2D eigenvalue weighted by Crippen LogP contribution is 2.20. The van der Waals surface area contributed by atoms with Crippen molar-refractivity contribution in [1.82, 2.24) is 4.90 Å². The summed E-state index contributed by atoms with van der Waals surface area (Å²) in [4.78, 5) is 13.8. The molecule has 1 aromatic rings. The first kappa shape index (κ1) is 14.9. The number of benzene rings is 1. The molecule has 0 aromatic heterocycles. The Morgan fingerprint density at radius 2 is 2.11 bits per heavy atom. The van der Waals surface area contributed by atoms with E-state index in [-0.39, 0.29) is 17.7 Å². The second-order valence-corrected chi connectivity index (χ2v) is 5.00. The van der Waals surface area contributed by atoms with Crippen LogP contribution < -0.4 is 5.73 Å². The standard InChI is InChI=1S/C12H16F2N2OS/c1-8(6-15)16(2)12(17)7-18-9-3-4-10(13)11(14)5-9/h3-5,8H,6-7,15H2,1-2H3. The van der Waals surface area contributed by atoms with Gasteiger partial charge in [-0.3, -0.25) is 4.79 Å². The summed E-state index contributed by atoms with van der Waals surface area (Å²) in [5, 5.41) is 0. The van der Waals surface area contributed by atoms with Crippen LogP contribution in [0.5, 0.6) is 0 Å². The first-order chi connectivity index (χ1) is 8.45. The van der Waals surface area contributed by atoms with E-state index in [0.29, 0.717) is 11.4 Å². The van der Waals surface area contributed by atoms with Crippen molar-refractivity contribution in [3.63, 3.8) is 0 Å². The summed E-state index contributed by atoms with van der Waals surface area (Å²) in [6.45, 7) is 2.23. The third-order valence-electron chi connectivity index (χ3n) is 2.65. The van der Waals surface area contributed by atoms with Crippen molar-refractivity contribution in [2.75, 3.05) is 19.3 Å². The highest BCUT2D eigenvalue weighted by Gasteiger charge is 2.14. The van der Waals surface area contributed by atoms with E-state index in [1.165, 1.54) is 17.8 Å². The van der Waals surface area contributed by atoms with Crippen LogP contribution in [0, 0.1) is 11.6 Å². The van der Waals surface area contributed by atoms with Crippen LogP contribution in [0.1, 0.15) is 6.92 Å². The van der Waals surface area contributed by atoms with Gasteiger partial charge in [0.1, 0.15) is 0 Å². The Morgan fingerprint density at radius 1 is 1.44 bits per heavy atom. The molecular weight excluding hydrogens is 258 g/mol. The predicted molar refractivity (Wildman–Crippen MR) is 68.4 cm³/mol. The summed E-state index contributed by atoms with van der Waals surface area (Å²) < 4.78 is 25.6. The number of likely N-dealkylation sites (N-methyl/N-ethyl adjacent to an activating group) is 1. The van der Waals surface area contributed by atoms with Gasteiger partial charge in [-0.2, -0.15) is 0 Å². The van der Waals surface area contributed by atoms with Crippen molar-refractivity contribution in [2.24, 2.45) is 5.73 Å². The molecule has 0 aliphatic rings. The van der Waals surface area contributed by atoms with Crippen molar-refractivity contribution < 1.29 is 13.6 Å². The molecule has 0 saturated heterocycles.